The second kappa shape index (κ2) is 4.53. The van der Waals surface area contributed by atoms with Crippen LogP contribution in [0.5, 0.6) is 0 Å². The van der Waals surface area contributed by atoms with Crippen molar-refractivity contribution in [3.05, 3.63) is 0 Å². The largest absolute Gasteiger partial charge is 0.298 e. The molecule has 0 aromatic rings. The first kappa shape index (κ1) is 15.4. The fourth-order valence-corrected chi connectivity index (χ4v) is 7.36. The summed E-state index contributed by atoms with van der Waals surface area (Å²) in [4.78, 5) is 12.2. The predicted octanol–water partition coefficient (Wildman–Crippen LogP) is 2.08. The zero-order valence-electron chi connectivity index (χ0n) is 11.9. The van der Waals surface area contributed by atoms with Crippen LogP contribution in [0, 0.1) is 16.7 Å². The van der Waals surface area contributed by atoms with Crippen LogP contribution < -0.4 is 4.72 Å². The summed E-state index contributed by atoms with van der Waals surface area (Å²) in [5.74, 6) is 0.326. The van der Waals surface area contributed by atoms with Crippen LogP contribution in [0.25, 0.3) is 0 Å². The Bertz CT molecular complexity index is 504. The maximum Gasteiger partial charge on any atom is 0.212 e. The molecule has 0 unspecified atom stereocenters. The van der Waals surface area contributed by atoms with E-state index < -0.39 is 20.9 Å². The number of alkyl halides is 1. The van der Waals surface area contributed by atoms with E-state index in [9.17, 15) is 13.2 Å². The van der Waals surface area contributed by atoms with Crippen LogP contribution in [0.3, 0.4) is 0 Å². The van der Waals surface area contributed by atoms with Gasteiger partial charge in [-0.2, -0.15) is 0 Å². The van der Waals surface area contributed by atoms with Crippen molar-refractivity contribution in [3.8, 4) is 0 Å². The van der Waals surface area contributed by atoms with Gasteiger partial charge in [0, 0.05) is 11.5 Å². The van der Waals surface area contributed by atoms with Crippen molar-refractivity contribution in [1.29, 1.82) is 0 Å². The minimum atomic E-state index is -3.36. The minimum absolute atomic E-state index is 0.0349. The number of sulfonamides is 1. The summed E-state index contributed by atoms with van der Waals surface area (Å²) in [5.41, 5.74) is -0.990. The van der Waals surface area contributed by atoms with Crippen LogP contribution in [0.4, 0.5) is 0 Å². The molecule has 1 N–H and O–H groups in total. The lowest BCUT2D eigenvalue weighted by molar-refractivity contribution is -0.127. The third-order valence-corrected chi connectivity index (χ3v) is 7.95. The Hall–Kier alpha value is 0.0600. The molecule has 2 saturated carbocycles. The third kappa shape index (κ3) is 2.20. The van der Waals surface area contributed by atoms with E-state index >= 15 is 0 Å². The van der Waals surface area contributed by atoms with Crippen LogP contribution in [0.1, 0.15) is 40.5 Å². The molecule has 0 amide bonds. The van der Waals surface area contributed by atoms with Gasteiger partial charge < -0.3 is 0 Å². The Kier molecular flexibility index (Phi) is 3.68. The van der Waals surface area contributed by atoms with Gasteiger partial charge in [0.1, 0.15) is 0 Å². The van der Waals surface area contributed by atoms with Gasteiger partial charge in [0.05, 0.1) is 10.6 Å². The molecule has 110 valence electrons. The van der Waals surface area contributed by atoms with E-state index in [4.69, 9.17) is 0 Å². The Morgan fingerprint density at radius 3 is 2.42 bits per heavy atom. The van der Waals surface area contributed by atoms with E-state index in [1.807, 2.05) is 27.7 Å². The number of carbonyl (C=O) groups excluding carboxylic acids is 1. The number of hydrogen-bond acceptors (Lipinski definition) is 3. The molecule has 0 aromatic heterocycles. The van der Waals surface area contributed by atoms with Crippen molar-refractivity contribution in [2.24, 2.45) is 16.7 Å². The number of rotatable bonds is 4. The van der Waals surface area contributed by atoms with Gasteiger partial charge in [-0.25, -0.2) is 13.1 Å². The highest BCUT2D eigenvalue weighted by Crippen LogP contribution is 2.65. The molecule has 0 saturated heterocycles. The van der Waals surface area contributed by atoms with Crippen LogP contribution in [-0.4, -0.2) is 30.8 Å². The lowest BCUT2D eigenvalue weighted by Crippen LogP contribution is -2.45. The van der Waals surface area contributed by atoms with Crippen molar-refractivity contribution in [1.82, 2.24) is 4.72 Å². The molecular formula is C13H22BrNO3S. The summed E-state index contributed by atoms with van der Waals surface area (Å²) in [6.07, 6.45) is 1.72. The molecular weight excluding hydrogens is 330 g/mol. The lowest BCUT2D eigenvalue weighted by Gasteiger charge is -2.36. The molecule has 2 aliphatic rings. The van der Waals surface area contributed by atoms with Crippen molar-refractivity contribution >= 4 is 31.7 Å². The van der Waals surface area contributed by atoms with Gasteiger partial charge in [0.15, 0.2) is 5.78 Å². The van der Waals surface area contributed by atoms with E-state index in [0.29, 0.717) is 0 Å². The topological polar surface area (TPSA) is 63.2 Å². The normalized spacial score (nSPS) is 42.3. The summed E-state index contributed by atoms with van der Waals surface area (Å²) < 4.78 is 27.1. The molecule has 0 spiro atoms. The van der Waals surface area contributed by atoms with E-state index in [2.05, 4.69) is 20.7 Å². The van der Waals surface area contributed by atoms with E-state index in [1.54, 1.807) is 0 Å². The van der Waals surface area contributed by atoms with Crippen LogP contribution in [0.2, 0.25) is 0 Å². The van der Waals surface area contributed by atoms with Gasteiger partial charge >= 0.3 is 0 Å². The SMILES string of the molecule is CC(C)NS(=O)(=O)C[C@]1(C)[C@H]2CC[C@]1(C)C(=O)[C@@H]2Br. The molecule has 2 aliphatic carbocycles. The second-order valence-corrected chi connectivity index (χ2v) is 9.43. The molecule has 2 bridgehead atoms. The number of halogens is 1. The highest BCUT2D eigenvalue weighted by Gasteiger charge is 2.68. The summed E-state index contributed by atoms with van der Waals surface area (Å²) in [6.45, 7) is 7.51. The molecule has 0 aliphatic heterocycles. The average molecular weight is 352 g/mol. The number of hydrogen-bond donors (Lipinski definition) is 1. The van der Waals surface area contributed by atoms with Crippen LogP contribution in [-0.2, 0) is 14.8 Å². The number of carbonyl (C=O) groups is 1. The number of nitrogens with one attached hydrogen (secondary N) is 1. The molecule has 6 heteroatoms. The zero-order chi connectivity index (χ0) is 14.6. The van der Waals surface area contributed by atoms with E-state index in [1.165, 1.54) is 0 Å². The Morgan fingerprint density at radius 2 is 2.00 bits per heavy atom. The average Bonchev–Trinajstić information content (AvgIpc) is 2.52. The monoisotopic (exact) mass is 351 g/mol. The zero-order valence-corrected chi connectivity index (χ0v) is 14.3. The van der Waals surface area contributed by atoms with E-state index in [0.717, 1.165) is 12.8 Å². The quantitative estimate of drug-likeness (QED) is 0.788. The fourth-order valence-electron chi connectivity index (χ4n) is 3.88. The number of Topliss-reactive ketones (excluding diaryl/α,β-unsaturated/α-hetero) is 1. The molecule has 4 nitrogen and oxygen atoms in total. The van der Waals surface area contributed by atoms with Gasteiger partial charge in [-0.15, -0.1) is 0 Å². The van der Waals surface area contributed by atoms with Gasteiger partial charge in [0.25, 0.3) is 0 Å². The van der Waals surface area contributed by atoms with Crippen molar-refractivity contribution in [3.63, 3.8) is 0 Å². The molecule has 19 heavy (non-hydrogen) atoms. The van der Waals surface area contributed by atoms with Crippen molar-refractivity contribution in [2.45, 2.75) is 51.4 Å². The van der Waals surface area contributed by atoms with Crippen molar-refractivity contribution in [2.75, 3.05) is 5.75 Å². The molecule has 2 rings (SSSR count). The Labute approximate surface area is 123 Å². The fraction of sp³-hybridized carbons (Fsp3) is 0.923. The van der Waals surface area contributed by atoms with Gasteiger partial charge in [-0.1, -0.05) is 29.8 Å². The summed E-state index contributed by atoms with van der Waals surface area (Å²) in [5, 5.41) is 0. The summed E-state index contributed by atoms with van der Waals surface area (Å²) >= 11 is 3.47. The van der Waals surface area contributed by atoms with E-state index in [-0.39, 0.29) is 28.3 Å². The number of ketones is 1. The standard InChI is InChI=1S/C13H22BrNO3S/c1-8(2)15-19(17,18)7-13(4)9-5-6-12(13,3)11(16)10(9)14/h8-10,15H,5-7H2,1-4H3/t9-,10+,12+,13+/m0/s1. The minimum Gasteiger partial charge on any atom is -0.298 e. The molecule has 0 aromatic carbocycles. The second-order valence-electron chi connectivity index (χ2n) is 6.69. The van der Waals surface area contributed by atoms with Gasteiger partial charge in [-0.3, -0.25) is 4.79 Å². The highest BCUT2D eigenvalue weighted by molar-refractivity contribution is 9.10. The first-order valence-corrected chi connectivity index (χ1v) is 9.29. The molecule has 0 heterocycles. The van der Waals surface area contributed by atoms with Crippen molar-refractivity contribution < 1.29 is 13.2 Å². The highest BCUT2D eigenvalue weighted by atomic mass is 79.9. The maximum atomic E-state index is 12.4. The molecule has 4 atom stereocenters. The smallest absolute Gasteiger partial charge is 0.212 e. The van der Waals surface area contributed by atoms with Gasteiger partial charge in [-0.05, 0) is 38.0 Å². The number of fused-ring (bicyclic) bond motifs is 2. The first-order valence-electron chi connectivity index (χ1n) is 6.72. The Balaban J connectivity index is 2.32. The van der Waals surface area contributed by atoms with Crippen LogP contribution >= 0.6 is 15.9 Å². The molecule has 2 fully saturated rings. The summed E-state index contributed by atoms with van der Waals surface area (Å²) in [6, 6.07) is -0.115. The first-order chi connectivity index (χ1) is 8.53. The van der Waals surface area contributed by atoms with Gasteiger partial charge in [0.2, 0.25) is 10.0 Å². The predicted molar refractivity (Wildman–Crippen MR) is 78.7 cm³/mol. The van der Waals surface area contributed by atoms with Crippen LogP contribution in [0.15, 0.2) is 0 Å². The third-order valence-electron chi connectivity index (χ3n) is 5.09. The summed E-state index contributed by atoms with van der Waals surface area (Å²) in [7, 11) is -3.36. The molecule has 0 radical (unpaired) electrons. The maximum absolute atomic E-state index is 12.4. The Morgan fingerprint density at radius 1 is 1.42 bits per heavy atom. The lowest BCUT2D eigenvalue weighted by atomic mass is 9.70.